The fraction of sp³-hybridized carbons (Fsp3) is 0.533. The van der Waals surface area contributed by atoms with Gasteiger partial charge in [0.15, 0.2) is 0 Å². The lowest BCUT2D eigenvalue weighted by Crippen LogP contribution is -2.38. The standard InChI is InChI=1S/C15H17F2NO2/c16-13-2-1-3-14(17)12(13)8-18(11-4-5-11)15(19)10-6-7-20-9-10/h1-3,10-11H,4-9H2. The summed E-state index contributed by atoms with van der Waals surface area (Å²) in [6, 6.07) is 3.92. The molecule has 0 aromatic heterocycles. The predicted octanol–water partition coefficient (Wildman–Crippen LogP) is 2.49. The van der Waals surface area contributed by atoms with Gasteiger partial charge in [-0.2, -0.15) is 0 Å². The van der Waals surface area contributed by atoms with Crippen LogP contribution >= 0.6 is 0 Å². The minimum absolute atomic E-state index is 0.0124. The Labute approximate surface area is 116 Å². The highest BCUT2D eigenvalue weighted by Crippen LogP contribution is 2.32. The first kappa shape index (κ1) is 13.5. The molecule has 5 heteroatoms. The van der Waals surface area contributed by atoms with Crippen LogP contribution in [0.2, 0.25) is 0 Å². The Kier molecular flexibility index (Phi) is 3.70. The van der Waals surface area contributed by atoms with E-state index in [1.807, 2.05) is 0 Å². The van der Waals surface area contributed by atoms with Gasteiger partial charge in [0.25, 0.3) is 0 Å². The van der Waals surface area contributed by atoms with Gasteiger partial charge in [-0.1, -0.05) is 6.07 Å². The highest BCUT2D eigenvalue weighted by Gasteiger charge is 2.37. The summed E-state index contributed by atoms with van der Waals surface area (Å²) >= 11 is 0. The van der Waals surface area contributed by atoms with E-state index >= 15 is 0 Å². The van der Waals surface area contributed by atoms with E-state index < -0.39 is 11.6 Å². The summed E-state index contributed by atoms with van der Waals surface area (Å²) in [4.78, 5) is 14.1. The molecular weight excluding hydrogens is 264 g/mol. The van der Waals surface area contributed by atoms with E-state index in [0.717, 1.165) is 12.8 Å². The number of rotatable bonds is 4. The molecule has 1 amide bonds. The van der Waals surface area contributed by atoms with Crippen molar-refractivity contribution >= 4 is 5.91 Å². The number of hydrogen-bond donors (Lipinski definition) is 0. The Bertz CT molecular complexity index is 490. The molecule has 3 rings (SSSR count). The van der Waals surface area contributed by atoms with Crippen LogP contribution in [0, 0.1) is 17.6 Å². The fourth-order valence-electron chi connectivity index (χ4n) is 2.59. The lowest BCUT2D eigenvalue weighted by Gasteiger charge is -2.25. The SMILES string of the molecule is O=C(C1CCOC1)N(Cc1c(F)cccc1F)C1CC1. The zero-order chi connectivity index (χ0) is 14.1. The summed E-state index contributed by atoms with van der Waals surface area (Å²) < 4.78 is 32.7. The van der Waals surface area contributed by atoms with Gasteiger partial charge in [-0.05, 0) is 31.4 Å². The first-order chi connectivity index (χ1) is 9.66. The molecule has 0 spiro atoms. The maximum absolute atomic E-state index is 13.7. The summed E-state index contributed by atoms with van der Waals surface area (Å²) in [5.74, 6) is -1.38. The van der Waals surface area contributed by atoms with Crippen LogP contribution in [0.4, 0.5) is 8.78 Å². The van der Waals surface area contributed by atoms with Crippen LogP contribution in [-0.4, -0.2) is 30.1 Å². The van der Waals surface area contributed by atoms with E-state index in [9.17, 15) is 13.6 Å². The van der Waals surface area contributed by atoms with Crippen LogP contribution in [0.25, 0.3) is 0 Å². The van der Waals surface area contributed by atoms with Gasteiger partial charge >= 0.3 is 0 Å². The summed E-state index contributed by atoms with van der Waals surface area (Å²) in [6.07, 6.45) is 2.52. The summed E-state index contributed by atoms with van der Waals surface area (Å²) in [6.45, 7) is 1.02. The average Bonchev–Trinajstić information content (AvgIpc) is 3.11. The van der Waals surface area contributed by atoms with Crippen molar-refractivity contribution in [3.63, 3.8) is 0 Å². The molecule has 1 aromatic rings. The number of halogens is 2. The van der Waals surface area contributed by atoms with Gasteiger partial charge in [-0.3, -0.25) is 4.79 Å². The Hall–Kier alpha value is -1.49. The summed E-state index contributed by atoms with van der Waals surface area (Å²) in [5.41, 5.74) is -0.0216. The van der Waals surface area contributed by atoms with Crippen molar-refractivity contribution in [2.45, 2.75) is 31.8 Å². The van der Waals surface area contributed by atoms with Crippen molar-refractivity contribution in [1.29, 1.82) is 0 Å². The zero-order valence-corrected chi connectivity index (χ0v) is 11.1. The Morgan fingerprint density at radius 2 is 1.95 bits per heavy atom. The summed E-state index contributed by atoms with van der Waals surface area (Å²) in [5, 5.41) is 0. The van der Waals surface area contributed by atoms with Gasteiger partial charge in [-0.25, -0.2) is 8.78 Å². The van der Waals surface area contributed by atoms with Crippen LogP contribution in [-0.2, 0) is 16.1 Å². The van der Waals surface area contributed by atoms with E-state index in [2.05, 4.69) is 0 Å². The smallest absolute Gasteiger partial charge is 0.228 e. The van der Waals surface area contributed by atoms with Crippen molar-refractivity contribution in [2.24, 2.45) is 5.92 Å². The minimum Gasteiger partial charge on any atom is -0.381 e. The van der Waals surface area contributed by atoms with E-state index in [1.165, 1.54) is 18.2 Å². The van der Waals surface area contributed by atoms with Crippen molar-refractivity contribution in [3.8, 4) is 0 Å². The fourth-order valence-corrected chi connectivity index (χ4v) is 2.59. The molecule has 1 heterocycles. The number of nitrogens with zero attached hydrogens (tertiary/aromatic N) is 1. The van der Waals surface area contributed by atoms with Gasteiger partial charge in [0.05, 0.1) is 19.1 Å². The topological polar surface area (TPSA) is 29.5 Å². The first-order valence-electron chi connectivity index (χ1n) is 6.98. The molecule has 2 fully saturated rings. The maximum atomic E-state index is 13.7. The second-order valence-electron chi connectivity index (χ2n) is 5.46. The molecule has 0 bridgehead atoms. The molecule has 1 saturated carbocycles. The number of ether oxygens (including phenoxy) is 1. The van der Waals surface area contributed by atoms with E-state index in [0.29, 0.717) is 19.6 Å². The average molecular weight is 281 g/mol. The Morgan fingerprint density at radius 1 is 1.25 bits per heavy atom. The number of carbonyl (C=O) groups is 1. The highest BCUT2D eigenvalue weighted by atomic mass is 19.1. The molecule has 20 heavy (non-hydrogen) atoms. The largest absolute Gasteiger partial charge is 0.381 e. The molecule has 1 aromatic carbocycles. The van der Waals surface area contributed by atoms with Crippen molar-refractivity contribution in [1.82, 2.24) is 4.90 Å². The lowest BCUT2D eigenvalue weighted by atomic mass is 10.1. The van der Waals surface area contributed by atoms with E-state index in [1.54, 1.807) is 4.90 Å². The van der Waals surface area contributed by atoms with Crippen molar-refractivity contribution in [3.05, 3.63) is 35.4 Å². The van der Waals surface area contributed by atoms with Gasteiger partial charge in [0.1, 0.15) is 11.6 Å². The molecule has 1 aliphatic carbocycles. The molecule has 3 nitrogen and oxygen atoms in total. The molecule has 0 N–H and O–H groups in total. The van der Waals surface area contributed by atoms with Crippen LogP contribution in [0.5, 0.6) is 0 Å². The van der Waals surface area contributed by atoms with Crippen LogP contribution in [0.3, 0.4) is 0 Å². The molecule has 1 unspecified atom stereocenters. The van der Waals surface area contributed by atoms with Gasteiger partial charge in [0, 0.05) is 18.2 Å². The molecule has 1 aliphatic heterocycles. The third-order valence-electron chi connectivity index (χ3n) is 3.94. The zero-order valence-electron chi connectivity index (χ0n) is 11.1. The van der Waals surface area contributed by atoms with Gasteiger partial charge < -0.3 is 9.64 Å². The third-order valence-corrected chi connectivity index (χ3v) is 3.94. The van der Waals surface area contributed by atoms with Gasteiger partial charge in [0.2, 0.25) is 5.91 Å². The second kappa shape index (κ2) is 5.48. The summed E-state index contributed by atoms with van der Waals surface area (Å²) in [7, 11) is 0. The number of amides is 1. The van der Waals surface area contributed by atoms with Crippen molar-refractivity contribution in [2.75, 3.05) is 13.2 Å². The molecule has 2 aliphatic rings. The van der Waals surface area contributed by atoms with E-state index in [-0.39, 0.29) is 30.0 Å². The number of hydrogen-bond acceptors (Lipinski definition) is 2. The van der Waals surface area contributed by atoms with Crippen LogP contribution < -0.4 is 0 Å². The molecule has 108 valence electrons. The van der Waals surface area contributed by atoms with Crippen molar-refractivity contribution < 1.29 is 18.3 Å². The highest BCUT2D eigenvalue weighted by molar-refractivity contribution is 5.80. The third kappa shape index (κ3) is 2.68. The normalized spacial score (nSPS) is 22.0. The molecular formula is C15H17F2NO2. The molecule has 1 saturated heterocycles. The Morgan fingerprint density at radius 3 is 2.50 bits per heavy atom. The van der Waals surface area contributed by atoms with E-state index in [4.69, 9.17) is 4.74 Å². The minimum atomic E-state index is -0.592. The maximum Gasteiger partial charge on any atom is 0.228 e. The lowest BCUT2D eigenvalue weighted by molar-refractivity contribution is -0.136. The number of carbonyl (C=O) groups excluding carboxylic acids is 1. The predicted molar refractivity (Wildman–Crippen MR) is 68.9 cm³/mol. The molecule has 1 atom stereocenters. The molecule has 0 radical (unpaired) electrons. The Balaban J connectivity index is 1.79. The first-order valence-corrected chi connectivity index (χ1v) is 6.98. The monoisotopic (exact) mass is 281 g/mol. The van der Waals surface area contributed by atoms with Crippen LogP contribution in [0.15, 0.2) is 18.2 Å². The van der Waals surface area contributed by atoms with Gasteiger partial charge in [-0.15, -0.1) is 0 Å². The number of benzene rings is 1. The second-order valence-corrected chi connectivity index (χ2v) is 5.46. The van der Waals surface area contributed by atoms with Crippen LogP contribution in [0.1, 0.15) is 24.8 Å². The quantitative estimate of drug-likeness (QED) is 0.848.